The van der Waals surface area contributed by atoms with Crippen molar-refractivity contribution in [1.29, 1.82) is 0 Å². The molecule has 0 radical (unpaired) electrons. The van der Waals surface area contributed by atoms with Crippen molar-refractivity contribution in [2.24, 2.45) is 10.8 Å². The van der Waals surface area contributed by atoms with Crippen LogP contribution in [-0.4, -0.2) is 25.7 Å². The second-order valence-corrected chi connectivity index (χ2v) is 3.63. The molecule has 1 atom stereocenters. The highest BCUT2D eigenvalue weighted by molar-refractivity contribution is 5.93. The second kappa shape index (κ2) is 7.65. The van der Waals surface area contributed by atoms with Gasteiger partial charge in [-0.15, -0.1) is 0 Å². The predicted octanol–water partition coefficient (Wildman–Crippen LogP) is 1.34. The van der Waals surface area contributed by atoms with E-state index in [1.165, 1.54) is 0 Å². The molecule has 1 unspecified atom stereocenters. The molecule has 0 aromatic heterocycles. The molecule has 0 spiro atoms. The third kappa shape index (κ3) is 4.84. The van der Waals surface area contributed by atoms with Crippen molar-refractivity contribution < 1.29 is 4.74 Å². The number of para-hydroxylation sites is 1. The quantitative estimate of drug-likeness (QED) is 0.312. The smallest absolute Gasteiger partial charge is 0.210 e. The van der Waals surface area contributed by atoms with Crippen molar-refractivity contribution in [2.45, 2.75) is 19.4 Å². The highest BCUT2D eigenvalue weighted by Crippen LogP contribution is 2.05. The lowest BCUT2D eigenvalue weighted by Crippen LogP contribution is -2.37. The van der Waals surface area contributed by atoms with E-state index in [1.54, 1.807) is 7.11 Å². The van der Waals surface area contributed by atoms with Crippen LogP contribution in [0.3, 0.4) is 0 Å². The Morgan fingerprint density at radius 1 is 1.41 bits per heavy atom. The molecule has 1 aromatic carbocycles. The summed E-state index contributed by atoms with van der Waals surface area (Å²) in [4.78, 5) is 4.44. The number of rotatable bonds is 5. The van der Waals surface area contributed by atoms with Gasteiger partial charge in [-0.05, 0) is 18.6 Å². The van der Waals surface area contributed by atoms with Gasteiger partial charge in [0.15, 0.2) is 0 Å². The zero-order chi connectivity index (χ0) is 12.5. The minimum atomic E-state index is 0.0993. The van der Waals surface area contributed by atoms with Gasteiger partial charge >= 0.3 is 0 Å². The number of guanidine groups is 1. The van der Waals surface area contributed by atoms with Crippen LogP contribution < -0.4 is 16.6 Å². The van der Waals surface area contributed by atoms with Gasteiger partial charge in [0.1, 0.15) is 0 Å². The summed E-state index contributed by atoms with van der Waals surface area (Å²) in [5.74, 6) is 5.98. The number of hydrogen-bond donors (Lipinski definition) is 3. The van der Waals surface area contributed by atoms with Crippen LogP contribution in [0.2, 0.25) is 0 Å². The summed E-state index contributed by atoms with van der Waals surface area (Å²) in [7, 11) is 1.67. The van der Waals surface area contributed by atoms with E-state index in [0.29, 0.717) is 12.6 Å². The molecular formula is C12H20N4O. The molecule has 1 rings (SSSR count). The number of aliphatic imine (C=N–C) groups is 1. The Hall–Kier alpha value is -1.59. The van der Waals surface area contributed by atoms with Crippen molar-refractivity contribution in [1.82, 2.24) is 5.43 Å². The average molecular weight is 236 g/mol. The highest BCUT2D eigenvalue weighted by Gasteiger charge is 2.05. The number of hydrogen-bond acceptors (Lipinski definition) is 3. The van der Waals surface area contributed by atoms with Gasteiger partial charge in [0.25, 0.3) is 0 Å². The molecule has 5 nitrogen and oxygen atoms in total. The first kappa shape index (κ1) is 13.5. The van der Waals surface area contributed by atoms with E-state index in [-0.39, 0.29) is 6.04 Å². The van der Waals surface area contributed by atoms with Crippen LogP contribution in [0.25, 0.3) is 0 Å². The molecule has 0 aliphatic carbocycles. The fourth-order valence-corrected chi connectivity index (χ4v) is 1.39. The highest BCUT2D eigenvalue weighted by atomic mass is 16.5. The van der Waals surface area contributed by atoms with E-state index < -0.39 is 0 Å². The number of hydrazine groups is 1. The minimum Gasteiger partial charge on any atom is -0.382 e. The van der Waals surface area contributed by atoms with Gasteiger partial charge in [0.05, 0.1) is 12.6 Å². The Kier molecular flexibility index (Phi) is 6.06. The van der Waals surface area contributed by atoms with Gasteiger partial charge in [-0.25, -0.2) is 10.8 Å². The van der Waals surface area contributed by atoms with Crippen molar-refractivity contribution in [3.8, 4) is 0 Å². The molecule has 0 fully saturated rings. The van der Waals surface area contributed by atoms with E-state index in [9.17, 15) is 0 Å². The Labute approximate surface area is 102 Å². The van der Waals surface area contributed by atoms with Crippen molar-refractivity contribution in [3.05, 3.63) is 30.3 Å². The largest absolute Gasteiger partial charge is 0.382 e. The van der Waals surface area contributed by atoms with Gasteiger partial charge in [-0.1, -0.05) is 25.1 Å². The molecule has 0 bridgehead atoms. The first-order valence-corrected chi connectivity index (χ1v) is 5.65. The molecule has 1 aromatic rings. The summed E-state index contributed by atoms with van der Waals surface area (Å²) < 4.78 is 5.09. The molecule has 0 aliphatic rings. The predicted molar refractivity (Wildman–Crippen MR) is 70.8 cm³/mol. The molecule has 5 heteroatoms. The van der Waals surface area contributed by atoms with Crippen LogP contribution in [0.15, 0.2) is 35.3 Å². The molecule has 17 heavy (non-hydrogen) atoms. The fraction of sp³-hybridized carbons (Fsp3) is 0.417. The van der Waals surface area contributed by atoms with Crippen LogP contribution in [-0.2, 0) is 4.74 Å². The maximum Gasteiger partial charge on any atom is 0.210 e. The molecule has 0 aliphatic heterocycles. The van der Waals surface area contributed by atoms with E-state index >= 15 is 0 Å². The van der Waals surface area contributed by atoms with Gasteiger partial charge in [-0.3, -0.25) is 5.43 Å². The summed E-state index contributed by atoms with van der Waals surface area (Å²) in [6, 6.07) is 9.85. The van der Waals surface area contributed by atoms with Crippen molar-refractivity contribution in [2.75, 3.05) is 19.0 Å². The van der Waals surface area contributed by atoms with Gasteiger partial charge < -0.3 is 10.1 Å². The van der Waals surface area contributed by atoms with E-state index in [0.717, 1.165) is 12.1 Å². The molecule has 0 heterocycles. The SMILES string of the molecule is CCC(COC)N=C(NN)Nc1ccccc1. The maximum absolute atomic E-state index is 5.44. The molecule has 4 N–H and O–H groups in total. The van der Waals surface area contributed by atoms with E-state index in [2.05, 4.69) is 22.7 Å². The summed E-state index contributed by atoms with van der Waals surface area (Å²) >= 11 is 0. The standard InChI is InChI=1S/C12H20N4O/c1-3-10(9-17-2)14-12(16-13)15-11-7-5-4-6-8-11/h4-8,10H,3,9,13H2,1-2H3,(H2,14,15,16). The Morgan fingerprint density at radius 3 is 2.65 bits per heavy atom. The zero-order valence-electron chi connectivity index (χ0n) is 10.3. The first-order chi connectivity index (χ1) is 8.30. The van der Waals surface area contributed by atoms with E-state index in [4.69, 9.17) is 10.6 Å². The van der Waals surface area contributed by atoms with Gasteiger partial charge in [-0.2, -0.15) is 0 Å². The van der Waals surface area contributed by atoms with E-state index in [1.807, 2.05) is 30.3 Å². The number of benzene rings is 1. The molecule has 0 saturated carbocycles. The third-order valence-electron chi connectivity index (χ3n) is 2.32. The number of nitrogens with two attached hydrogens (primary N) is 1. The zero-order valence-corrected chi connectivity index (χ0v) is 10.3. The minimum absolute atomic E-state index is 0.0993. The monoisotopic (exact) mass is 236 g/mol. The fourth-order valence-electron chi connectivity index (χ4n) is 1.39. The maximum atomic E-state index is 5.44. The number of anilines is 1. The van der Waals surface area contributed by atoms with Crippen LogP contribution in [0.5, 0.6) is 0 Å². The molecule has 0 amide bonds. The summed E-state index contributed by atoms with van der Waals surface area (Å²) in [5, 5.41) is 3.11. The number of nitrogens with zero attached hydrogens (tertiary/aromatic N) is 1. The van der Waals surface area contributed by atoms with Crippen LogP contribution >= 0.6 is 0 Å². The van der Waals surface area contributed by atoms with Crippen molar-refractivity contribution >= 4 is 11.6 Å². The molecule has 94 valence electrons. The summed E-state index contributed by atoms with van der Waals surface area (Å²) in [5.41, 5.74) is 3.50. The second-order valence-electron chi connectivity index (χ2n) is 3.63. The normalized spacial score (nSPS) is 13.2. The first-order valence-electron chi connectivity index (χ1n) is 5.65. The summed E-state index contributed by atoms with van der Waals surface area (Å²) in [6.45, 7) is 2.64. The number of ether oxygens (including phenoxy) is 1. The lowest BCUT2D eigenvalue weighted by Gasteiger charge is -2.13. The Balaban J connectivity index is 2.67. The summed E-state index contributed by atoms with van der Waals surface area (Å²) in [6.07, 6.45) is 0.898. The lowest BCUT2D eigenvalue weighted by atomic mass is 10.2. The van der Waals surface area contributed by atoms with Crippen molar-refractivity contribution in [3.63, 3.8) is 0 Å². The Bertz CT molecular complexity index is 340. The number of nitrogens with one attached hydrogen (secondary N) is 2. The van der Waals surface area contributed by atoms with Crippen LogP contribution in [0.1, 0.15) is 13.3 Å². The van der Waals surface area contributed by atoms with Crippen LogP contribution in [0.4, 0.5) is 5.69 Å². The topological polar surface area (TPSA) is 71.7 Å². The van der Waals surface area contributed by atoms with Crippen LogP contribution in [0, 0.1) is 0 Å². The average Bonchev–Trinajstić information content (AvgIpc) is 2.38. The lowest BCUT2D eigenvalue weighted by molar-refractivity contribution is 0.179. The Morgan fingerprint density at radius 2 is 2.12 bits per heavy atom. The van der Waals surface area contributed by atoms with Gasteiger partial charge in [0.2, 0.25) is 5.96 Å². The van der Waals surface area contributed by atoms with Gasteiger partial charge in [0, 0.05) is 12.8 Å². The molecular weight excluding hydrogens is 216 g/mol. The number of methoxy groups -OCH3 is 1. The molecule has 0 saturated heterocycles. The third-order valence-corrected chi connectivity index (χ3v) is 2.32.